The fourth-order valence-corrected chi connectivity index (χ4v) is 2.18. The van der Waals surface area contributed by atoms with Gasteiger partial charge in [-0.15, -0.1) is 0 Å². The topological polar surface area (TPSA) is 62.3 Å². The van der Waals surface area contributed by atoms with Crippen LogP contribution in [0.25, 0.3) is 0 Å². The van der Waals surface area contributed by atoms with Crippen LogP contribution in [0.15, 0.2) is 30.3 Å². The molecule has 0 bridgehead atoms. The zero-order valence-corrected chi connectivity index (χ0v) is 14.3. The summed E-state index contributed by atoms with van der Waals surface area (Å²) >= 11 is 0. The molecule has 0 atom stereocenters. The van der Waals surface area contributed by atoms with Crippen molar-refractivity contribution in [2.45, 2.75) is 13.3 Å². The lowest BCUT2D eigenvalue weighted by atomic mass is 10.3. The molecule has 2 rings (SSSR count). The zero-order chi connectivity index (χ0) is 16.7. The normalized spacial score (nSPS) is 10.7. The minimum Gasteiger partial charge on any atom is -0.497 e. The third kappa shape index (κ3) is 5.75. The molecule has 1 aromatic carbocycles. The largest absolute Gasteiger partial charge is 0.497 e. The number of aryl methyl sites for hydroxylation is 1. The molecule has 0 radical (unpaired) electrons. The molecule has 23 heavy (non-hydrogen) atoms. The van der Waals surface area contributed by atoms with Crippen molar-refractivity contribution in [1.82, 2.24) is 14.9 Å². The second-order valence-corrected chi connectivity index (χ2v) is 5.63. The SMILES string of the molecule is COc1cccc(Nc2cc(NCCCN(C)C)nc(C)n2)c1. The maximum absolute atomic E-state index is 5.24. The Bertz CT molecular complexity index is 630. The van der Waals surface area contributed by atoms with Crippen molar-refractivity contribution in [1.29, 1.82) is 0 Å². The van der Waals surface area contributed by atoms with Gasteiger partial charge in [-0.3, -0.25) is 0 Å². The van der Waals surface area contributed by atoms with Crippen molar-refractivity contribution >= 4 is 17.3 Å². The lowest BCUT2D eigenvalue weighted by Gasteiger charge is -2.12. The molecule has 1 aromatic heterocycles. The van der Waals surface area contributed by atoms with E-state index in [1.165, 1.54) is 0 Å². The Hall–Kier alpha value is -2.34. The number of nitrogens with zero attached hydrogens (tertiary/aromatic N) is 3. The molecule has 1 heterocycles. The highest BCUT2D eigenvalue weighted by atomic mass is 16.5. The molecule has 124 valence electrons. The minimum atomic E-state index is 0.730. The standard InChI is InChI=1S/C17H25N5O/c1-13-19-16(18-9-6-10-22(2)3)12-17(20-13)21-14-7-5-8-15(11-14)23-4/h5,7-8,11-12H,6,9-10H2,1-4H3,(H2,18,19,20,21). The molecule has 2 aromatic rings. The summed E-state index contributed by atoms with van der Waals surface area (Å²) < 4.78 is 5.24. The molecular formula is C17H25N5O. The van der Waals surface area contributed by atoms with Gasteiger partial charge in [0, 0.05) is 24.4 Å². The smallest absolute Gasteiger partial charge is 0.136 e. The van der Waals surface area contributed by atoms with Crippen LogP contribution in [0.3, 0.4) is 0 Å². The number of hydrogen-bond acceptors (Lipinski definition) is 6. The van der Waals surface area contributed by atoms with Crippen molar-refractivity contribution in [2.24, 2.45) is 0 Å². The first-order valence-electron chi connectivity index (χ1n) is 7.72. The van der Waals surface area contributed by atoms with E-state index >= 15 is 0 Å². The summed E-state index contributed by atoms with van der Waals surface area (Å²) in [6, 6.07) is 9.68. The van der Waals surface area contributed by atoms with Crippen LogP contribution < -0.4 is 15.4 Å². The van der Waals surface area contributed by atoms with Gasteiger partial charge in [-0.25, -0.2) is 9.97 Å². The maximum Gasteiger partial charge on any atom is 0.136 e. The van der Waals surface area contributed by atoms with Gasteiger partial charge in [-0.2, -0.15) is 0 Å². The second-order valence-electron chi connectivity index (χ2n) is 5.63. The van der Waals surface area contributed by atoms with Crippen molar-refractivity contribution in [3.63, 3.8) is 0 Å². The molecule has 0 aliphatic heterocycles. The Morgan fingerprint density at radius 1 is 1.13 bits per heavy atom. The Balaban J connectivity index is 2.01. The molecule has 0 fully saturated rings. The van der Waals surface area contributed by atoms with Crippen LogP contribution >= 0.6 is 0 Å². The monoisotopic (exact) mass is 315 g/mol. The van der Waals surface area contributed by atoms with Crippen molar-refractivity contribution < 1.29 is 4.74 Å². The Morgan fingerprint density at radius 2 is 1.91 bits per heavy atom. The fourth-order valence-electron chi connectivity index (χ4n) is 2.18. The first kappa shape index (κ1) is 17.0. The van der Waals surface area contributed by atoms with Gasteiger partial charge in [-0.05, 0) is 46.1 Å². The van der Waals surface area contributed by atoms with Gasteiger partial charge < -0.3 is 20.3 Å². The number of anilines is 3. The Morgan fingerprint density at radius 3 is 2.65 bits per heavy atom. The lowest BCUT2D eigenvalue weighted by molar-refractivity contribution is 0.405. The van der Waals surface area contributed by atoms with E-state index in [2.05, 4.69) is 39.6 Å². The molecule has 0 amide bonds. The molecule has 0 saturated carbocycles. The average Bonchev–Trinajstić information content (AvgIpc) is 2.51. The van der Waals surface area contributed by atoms with E-state index in [0.717, 1.165) is 48.4 Å². The number of benzene rings is 1. The summed E-state index contributed by atoms with van der Waals surface area (Å²) in [4.78, 5) is 11.0. The van der Waals surface area contributed by atoms with Crippen LogP contribution in [0.5, 0.6) is 5.75 Å². The molecule has 0 aliphatic carbocycles. The molecule has 6 nitrogen and oxygen atoms in total. The van der Waals surface area contributed by atoms with E-state index in [1.54, 1.807) is 7.11 Å². The molecule has 0 saturated heterocycles. The highest BCUT2D eigenvalue weighted by Crippen LogP contribution is 2.21. The highest BCUT2D eigenvalue weighted by molar-refractivity contribution is 5.60. The molecule has 0 aliphatic rings. The molecular weight excluding hydrogens is 290 g/mol. The fraction of sp³-hybridized carbons (Fsp3) is 0.412. The van der Waals surface area contributed by atoms with E-state index < -0.39 is 0 Å². The third-order valence-electron chi connectivity index (χ3n) is 3.27. The van der Waals surface area contributed by atoms with Gasteiger partial charge in [0.2, 0.25) is 0 Å². The predicted octanol–water partition coefficient (Wildman–Crippen LogP) is 2.90. The second kappa shape index (κ2) is 8.33. The van der Waals surface area contributed by atoms with Crippen LogP contribution in [-0.4, -0.2) is 49.2 Å². The third-order valence-corrected chi connectivity index (χ3v) is 3.27. The Labute approximate surface area is 137 Å². The average molecular weight is 315 g/mol. The van der Waals surface area contributed by atoms with Gasteiger partial charge in [0.25, 0.3) is 0 Å². The van der Waals surface area contributed by atoms with E-state index in [9.17, 15) is 0 Å². The van der Waals surface area contributed by atoms with Crippen molar-refractivity contribution in [3.05, 3.63) is 36.2 Å². The summed E-state index contributed by atoms with van der Waals surface area (Å²) in [5, 5.41) is 6.64. The number of nitrogens with one attached hydrogen (secondary N) is 2. The zero-order valence-electron chi connectivity index (χ0n) is 14.3. The molecule has 0 spiro atoms. The van der Waals surface area contributed by atoms with Gasteiger partial charge in [-0.1, -0.05) is 6.07 Å². The van der Waals surface area contributed by atoms with Crippen LogP contribution in [0, 0.1) is 6.92 Å². The lowest BCUT2D eigenvalue weighted by Crippen LogP contribution is -2.16. The quantitative estimate of drug-likeness (QED) is 0.730. The summed E-state index contributed by atoms with van der Waals surface area (Å²) in [5.74, 6) is 3.14. The van der Waals surface area contributed by atoms with Crippen molar-refractivity contribution in [2.75, 3.05) is 44.9 Å². The molecule has 6 heteroatoms. The first-order valence-corrected chi connectivity index (χ1v) is 7.72. The van der Waals surface area contributed by atoms with Crippen LogP contribution in [-0.2, 0) is 0 Å². The maximum atomic E-state index is 5.24. The van der Waals surface area contributed by atoms with E-state index in [0.29, 0.717) is 0 Å². The summed E-state index contributed by atoms with van der Waals surface area (Å²) in [5.41, 5.74) is 0.931. The van der Waals surface area contributed by atoms with Gasteiger partial charge in [0.15, 0.2) is 0 Å². The number of rotatable bonds is 8. The summed E-state index contributed by atoms with van der Waals surface area (Å²) in [6.07, 6.45) is 1.06. The number of methoxy groups -OCH3 is 1. The number of ether oxygens (including phenoxy) is 1. The van der Waals surface area contributed by atoms with E-state index in [1.807, 2.05) is 37.3 Å². The summed E-state index contributed by atoms with van der Waals surface area (Å²) in [7, 11) is 5.81. The highest BCUT2D eigenvalue weighted by Gasteiger charge is 2.03. The Kier molecular flexibility index (Phi) is 6.17. The van der Waals surface area contributed by atoms with Gasteiger partial charge >= 0.3 is 0 Å². The van der Waals surface area contributed by atoms with Gasteiger partial charge in [0.1, 0.15) is 23.2 Å². The minimum absolute atomic E-state index is 0.730. The van der Waals surface area contributed by atoms with Crippen LogP contribution in [0.1, 0.15) is 12.2 Å². The summed E-state index contributed by atoms with van der Waals surface area (Å²) in [6.45, 7) is 3.82. The predicted molar refractivity (Wildman–Crippen MR) is 94.7 cm³/mol. The van der Waals surface area contributed by atoms with E-state index in [4.69, 9.17) is 4.74 Å². The van der Waals surface area contributed by atoms with Gasteiger partial charge in [0.05, 0.1) is 7.11 Å². The number of hydrogen-bond donors (Lipinski definition) is 2. The molecule has 0 unspecified atom stereocenters. The first-order chi connectivity index (χ1) is 11.1. The van der Waals surface area contributed by atoms with Crippen LogP contribution in [0.4, 0.5) is 17.3 Å². The number of aromatic nitrogens is 2. The van der Waals surface area contributed by atoms with Crippen molar-refractivity contribution in [3.8, 4) is 5.75 Å². The van der Waals surface area contributed by atoms with E-state index in [-0.39, 0.29) is 0 Å². The molecule has 2 N–H and O–H groups in total. The van der Waals surface area contributed by atoms with Crippen LogP contribution in [0.2, 0.25) is 0 Å².